The molecular weight excluding hydrogens is 388 g/mol. The molecule has 156 valence electrons. The molecule has 4 aliphatic rings. The zero-order chi connectivity index (χ0) is 21.0. The fourth-order valence-corrected chi connectivity index (χ4v) is 5.23. The highest BCUT2D eigenvalue weighted by molar-refractivity contribution is 6.08. The molecule has 0 amide bonds. The second-order valence-corrected chi connectivity index (χ2v) is 8.91. The number of carbonyl (C=O) groups is 1. The lowest BCUT2D eigenvalue weighted by Gasteiger charge is -2.43. The van der Waals surface area contributed by atoms with Crippen LogP contribution in [-0.2, 0) is 5.60 Å². The minimum atomic E-state index is -1.88. The van der Waals surface area contributed by atoms with Crippen LogP contribution in [0.4, 0.5) is 0 Å². The molecule has 1 saturated carbocycles. The van der Waals surface area contributed by atoms with Gasteiger partial charge in [-0.1, -0.05) is 13.8 Å². The van der Waals surface area contributed by atoms with Gasteiger partial charge in [-0.25, -0.2) is 0 Å². The van der Waals surface area contributed by atoms with Crippen LogP contribution in [0.15, 0.2) is 24.3 Å². The monoisotopic (exact) mass is 410 g/mol. The number of ketones is 1. The molecule has 2 aromatic rings. The highest BCUT2D eigenvalue weighted by atomic mass is 16.6. The summed E-state index contributed by atoms with van der Waals surface area (Å²) in [4.78, 5) is 13.7. The molecule has 3 heterocycles. The molecule has 1 N–H and O–H groups in total. The van der Waals surface area contributed by atoms with Crippen molar-refractivity contribution in [3.8, 4) is 28.7 Å². The van der Waals surface area contributed by atoms with E-state index in [1.807, 2.05) is 0 Å². The average Bonchev–Trinajstić information content (AvgIpc) is 3.08. The van der Waals surface area contributed by atoms with Gasteiger partial charge in [-0.15, -0.1) is 0 Å². The Morgan fingerprint density at radius 3 is 2.53 bits per heavy atom. The number of hydrogen-bond donors (Lipinski definition) is 1. The van der Waals surface area contributed by atoms with E-state index in [-0.39, 0.29) is 24.0 Å². The molecule has 7 nitrogen and oxygen atoms in total. The smallest absolute Gasteiger partial charge is 0.206 e. The van der Waals surface area contributed by atoms with Crippen LogP contribution in [0.3, 0.4) is 0 Å². The van der Waals surface area contributed by atoms with Crippen molar-refractivity contribution >= 4 is 5.78 Å². The molecule has 6 rings (SSSR count). The number of Topliss-reactive ketones (excluding diaryl/α,β-unsaturated/α-hetero) is 1. The SMILES string of the molecule is COc1cc2c(cc1OC)C1(O)C(=O)c3ccc4c(c3OC1CO2)C1C(O4)C1(C)C. The molecule has 4 atom stereocenters. The summed E-state index contributed by atoms with van der Waals surface area (Å²) in [5.74, 6) is 2.28. The molecule has 0 radical (unpaired) electrons. The molecule has 3 aliphatic heterocycles. The number of carbonyl (C=O) groups excluding carboxylic acids is 1. The van der Waals surface area contributed by atoms with Crippen molar-refractivity contribution in [3.63, 3.8) is 0 Å². The first-order valence-electron chi connectivity index (χ1n) is 9.99. The van der Waals surface area contributed by atoms with E-state index in [9.17, 15) is 9.90 Å². The van der Waals surface area contributed by atoms with Crippen LogP contribution >= 0.6 is 0 Å². The van der Waals surface area contributed by atoms with E-state index in [4.69, 9.17) is 23.7 Å². The third-order valence-corrected chi connectivity index (χ3v) is 7.05. The lowest BCUT2D eigenvalue weighted by molar-refractivity contribution is -0.0803. The summed E-state index contributed by atoms with van der Waals surface area (Å²) in [6.07, 6.45) is -0.783. The van der Waals surface area contributed by atoms with Crippen LogP contribution in [0, 0.1) is 5.41 Å². The average molecular weight is 410 g/mol. The van der Waals surface area contributed by atoms with Gasteiger partial charge in [-0.05, 0) is 18.2 Å². The van der Waals surface area contributed by atoms with Crippen molar-refractivity contribution in [2.45, 2.75) is 37.6 Å². The van der Waals surface area contributed by atoms with E-state index in [2.05, 4.69) is 13.8 Å². The number of ether oxygens (including phenoxy) is 5. The van der Waals surface area contributed by atoms with Crippen molar-refractivity contribution in [3.05, 3.63) is 41.0 Å². The predicted octanol–water partition coefficient (Wildman–Crippen LogP) is 2.81. The van der Waals surface area contributed by atoms with Gasteiger partial charge in [0, 0.05) is 28.5 Å². The van der Waals surface area contributed by atoms with Crippen LogP contribution in [0.25, 0.3) is 0 Å². The summed E-state index contributed by atoms with van der Waals surface area (Å²) in [7, 11) is 3.02. The summed E-state index contributed by atoms with van der Waals surface area (Å²) in [6, 6.07) is 6.69. The Balaban J connectivity index is 1.51. The molecule has 7 heteroatoms. The molecule has 4 unspecified atom stereocenters. The standard InChI is InChI=1S/C23H22O7/c1-22(2)18-17-12(29-21(18)22)6-5-10-19(17)30-16-9-28-13-8-15(27-4)14(26-3)7-11(13)23(16,25)20(10)24/h5-8,16,18,21,25H,9H2,1-4H3. The molecular formula is C23H22O7. The lowest BCUT2D eigenvalue weighted by Crippen LogP contribution is -2.57. The number of rotatable bonds is 2. The van der Waals surface area contributed by atoms with Crippen molar-refractivity contribution in [2.75, 3.05) is 20.8 Å². The van der Waals surface area contributed by atoms with Gasteiger partial charge in [0.1, 0.15) is 30.0 Å². The van der Waals surface area contributed by atoms with Gasteiger partial charge >= 0.3 is 0 Å². The largest absolute Gasteiger partial charge is 0.493 e. The molecule has 0 spiro atoms. The third-order valence-electron chi connectivity index (χ3n) is 7.05. The fourth-order valence-electron chi connectivity index (χ4n) is 5.23. The molecule has 1 aliphatic carbocycles. The first kappa shape index (κ1) is 17.9. The lowest BCUT2D eigenvalue weighted by atomic mass is 9.76. The second-order valence-electron chi connectivity index (χ2n) is 8.91. The van der Waals surface area contributed by atoms with Crippen LogP contribution in [-0.4, -0.2) is 43.9 Å². The number of methoxy groups -OCH3 is 2. The summed E-state index contributed by atoms with van der Waals surface area (Å²) in [6.45, 7) is 4.32. The summed E-state index contributed by atoms with van der Waals surface area (Å²) < 4.78 is 28.9. The minimum absolute atomic E-state index is 0.00185. The minimum Gasteiger partial charge on any atom is -0.493 e. The summed E-state index contributed by atoms with van der Waals surface area (Å²) in [5.41, 5.74) is -0.278. The number of aliphatic hydroxyl groups is 1. The Kier molecular flexibility index (Phi) is 3.22. The highest BCUT2D eigenvalue weighted by Crippen LogP contribution is 2.69. The van der Waals surface area contributed by atoms with E-state index < -0.39 is 17.5 Å². The van der Waals surface area contributed by atoms with E-state index >= 15 is 0 Å². The second kappa shape index (κ2) is 5.40. The van der Waals surface area contributed by atoms with Gasteiger partial charge in [0.15, 0.2) is 23.2 Å². The summed E-state index contributed by atoms with van der Waals surface area (Å²) >= 11 is 0. The van der Waals surface area contributed by atoms with E-state index in [0.29, 0.717) is 34.1 Å². The molecule has 30 heavy (non-hydrogen) atoms. The van der Waals surface area contributed by atoms with Crippen molar-refractivity contribution in [1.29, 1.82) is 0 Å². The zero-order valence-electron chi connectivity index (χ0n) is 17.1. The van der Waals surface area contributed by atoms with Crippen molar-refractivity contribution < 1.29 is 33.6 Å². The maximum atomic E-state index is 13.7. The normalized spacial score (nSPS) is 31.0. The van der Waals surface area contributed by atoms with Gasteiger partial charge in [-0.3, -0.25) is 4.79 Å². The van der Waals surface area contributed by atoms with Gasteiger partial charge in [-0.2, -0.15) is 0 Å². The maximum absolute atomic E-state index is 13.7. The molecule has 0 saturated heterocycles. The molecule has 1 fully saturated rings. The summed E-state index contributed by atoms with van der Waals surface area (Å²) in [5, 5.41) is 11.7. The topological polar surface area (TPSA) is 83.5 Å². The predicted molar refractivity (Wildman–Crippen MR) is 105 cm³/mol. The first-order valence-corrected chi connectivity index (χ1v) is 9.99. The Hall–Kier alpha value is -2.93. The first-order chi connectivity index (χ1) is 14.3. The van der Waals surface area contributed by atoms with Gasteiger partial charge in [0.2, 0.25) is 5.78 Å². The molecule has 2 aromatic carbocycles. The zero-order valence-corrected chi connectivity index (χ0v) is 17.1. The van der Waals surface area contributed by atoms with Crippen LogP contribution in [0.2, 0.25) is 0 Å². The fraction of sp³-hybridized carbons (Fsp3) is 0.435. The Morgan fingerprint density at radius 1 is 1.07 bits per heavy atom. The van der Waals surface area contributed by atoms with Gasteiger partial charge < -0.3 is 28.8 Å². The third kappa shape index (κ3) is 1.92. The Morgan fingerprint density at radius 2 is 1.80 bits per heavy atom. The Labute approximate surface area is 173 Å². The Bertz CT molecular complexity index is 1120. The maximum Gasteiger partial charge on any atom is 0.206 e. The highest BCUT2D eigenvalue weighted by Gasteiger charge is 2.67. The van der Waals surface area contributed by atoms with E-state index in [1.54, 1.807) is 24.3 Å². The van der Waals surface area contributed by atoms with Crippen molar-refractivity contribution in [1.82, 2.24) is 0 Å². The number of benzene rings is 2. The van der Waals surface area contributed by atoms with Crippen LogP contribution in [0.1, 0.15) is 41.3 Å². The van der Waals surface area contributed by atoms with E-state index in [0.717, 1.165) is 11.3 Å². The molecule has 0 bridgehead atoms. The van der Waals surface area contributed by atoms with Gasteiger partial charge in [0.25, 0.3) is 0 Å². The number of hydrogen-bond acceptors (Lipinski definition) is 7. The van der Waals surface area contributed by atoms with Crippen LogP contribution in [0.5, 0.6) is 28.7 Å². The van der Waals surface area contributed by atoms with Gasteiger partial charge in [0.05, 0.1) is 19.8 Å². The number of fused-ring (bicyclic) bond motifs is 8. The molecule has 0 aromatic heterocycles. The van der Waals surface area contributed by atoms with E-state index in [1.165, 1.54) is 14.2 Å². The van der Waals surface area contributed by atoms with Crippen molar-refractivity contribution in [2.24, 2.45) is 5.41 Å². The van der Waals surface area contributed by atoms with Crippen LogP contribution < -0.4 is 23.7 Å². The quantitative estimate of drug-likeness (QED) is 0.815.